The Morgan fingerprint density at radius 3 is 0.574 bits per heavy atom. The molecular weight excluding hydrogens is 1010 g/mol. The topological polar surface area (TPSA) is 9.23 Å². The standard InChI is InChI=1S/C24H20F34OSi2/c1-7(25)9(27,28)11(31,32)13(35,36)15(39,40)17(43,44)19(47,48)21(51,52)23(55,56)61(6,59-60(3,4)5)24(57,58)22(53,54)20(49,50)18(45,46)16(41,42)14(37,38)12(33,34)10(29,30)8(2)26/h7-8H,1-6H3. The molecule has 0 aromatic rings. The minimum Gasteiger partial charge on any atom is -0.448 e. The molecule has 0 radical (unpaired) electrons. The highest BCUT2D eigenvalue weighted by atomic mass is 28.4. The van der Waals surface area contributed by atoms with Gasteiger partial charge >= 0.3 is 102 Å². The molecule has 1 nitrogen and oxygen atoms in total. The second-order valence-electron chi connectivity index (χ2n) is 13.8. The minimum atomic E-state index is -10.1. The zero-order valence-electron chi connectivity index (χ0n) is 29.4. The molecular formula is C24H20F34OSi2. The number of halogens is 34. The van der Waals surface area contributed by atoms with E-state index in [1.807, 2.05) is 0 Å². The van der Waals surface area contributed by atoms with Gasteiger partial charge in [-0.1, -0.05) is 0 Å². The summed E-state index contributed by atoms with van der Waals surface area (Å²) in [5.41, 5.74) is -18.1. The molecule has 0 saturated heterocycles. The first-order valence-electron chi connectivity index (χ1n) is 14.6. The second kappa shape index (κ2) is 14.8. The fraction of sp³-hybridized carbons (Fsp3) is 1.00. The molecule has 61 heavy (non-hydrogen) atoms. The third-order valence-electron chi connectivity index (χ3n) is 8.28. The molecule has 0 aliphatic carbocycles. The van der Waals surface area contributed by atoms with Gasteiger partial charge < -0.3 is 4.12 Å². The summed E-state index contributed by atoms with van der Waals surface area (Å²) in [5.74, 6) is -127. The second-order valence-corrected chi connectivity index (χ2v) is 22.1. The third kappa shape index (κ3) is 7.11. The predicted molar refractivity (Wildman–Crippen MR) is 136 cm³/mol. The lowest BCUT2D eigenvalue weighted by molar-refractivity contribution is -0.455. The number of hydrogen-bond acceptors (Lipinski definition) is 1. The lowest BCUT2D eigenvalue weighted by Crippen LogP contribution is -2.84. The van der Waals surface area contributed by atoms with E-state index in [1.165, 1.54) is 0 Å². The summed E-state index contributed by atoms with van der Waals surface area (Å²) in [4.78, 5) is 0. The fourth-order valence-electron chi connectivity index (χ4n) is 4.43. The highest BCUT2D eigenvalue weighted by molar-refractivity contribution is 6.87. The van der Waals surface area contributed by atoms with E-state index in [0.29, 0.717) is 0 Å². The van der Waals surface area contributed by atoms with Gasteiger partial charge in [-0.05, 0) is 40.0 Å². The Morgan fingerprint density at radius 1 is 0.279 bits per heavy atom. The van der Waals surface area contributed by atoms with Gasteiger partial charge in [-0.15, -0.1) is 0 Å². The van der Waals surface area contributed by atoms with Gasteiger partial charge in [0.05, 0.1) is 0 Å². The third-order valence-corrected chi connectivity index (χ3v) is 15.4. The monoisotopic (exact) mass is 1030 g/mol. The molecule has 37 heteroatoms. The first-order chi connectivity index (χ1) is 25.6. The van der Waals surface area contributed by atoms with Gasteiger partial charge in [0.1, 0.15) is 0 Å². The van der Waals surface area contributed by atoms with Crippen molar-refractivity contribution < 1.29 is 153 Å². The van der Waals surface area contributed by atoms with E-state index in [0.717, 1.165) is 0 Å². The van der Waals surface area contributed by atoms with Crippen molar-refractivity contribution in [3.8, 4) is 0 Å². The molecule has 0 aliphatic heterocycles. The summed E-state index contributed by atoms with van der Waals surface area (Å²) in [6, 6.07) is 0. The molecule has 368 valence electrons. The lowest BCUT2D eigenvalue weighted by Gasteiger charge is -2.51. The maximum absolute atomic E-state index is 15.4. The average molecular weight is 1030 g/mol. The van der Waals surface area contributed by atoms with Crippen LogP contribution in [0.15, 0.2) is 0 Å². The van der Waals surface area contributed by atoms with Crippen LogP contribution in [0.2, 0.25) is 26.2 Å². The molecule has 0 aliphatic rings. The number of alkyl halides is 34. The highest BCUT2D eigenvalue weighted by Gasteiger charge is 3.01. The van der Waals surface area contributed by atoms with Gasteiger partial charge in [-0.3, -0.25) is 0 Å². The molecule has 0 fully saturated rings. The molecule has 0 rings (SSSR count). The van der Waals surface area contributed by atoms with Crippen molar-refractivity contribution in [2.24, 2.45) is 0 Å². The average Bonchev–Trinajstić information content (AvgIpc) is 3.01. The highest BCUT2D eigenvalue weighted by Crippen LogP contribution is 2.69. The fourth-order valence-corrected chi connectivity index (χ4v) is 12.3. The van der Waals surface area contributed by atoms with Gasteiger partial charge in [-0.25, -0.2) is 26.3 Å². The maximum Gasteiger partial charge on any atom is 0.385 e. The van der Waals surface area contributed by atoms with E-state index in [2.05, 4.69) is 4.12 Å². The van der Waals surface area contributed by atoms with Crippen LogP contribution in [0, 0.1) is 0 Å². The van der Waals surface area contributed by atoms with Crippen LogP contribution in [-0.2, 0) is 4.12 Å². The van der Waals surface area contributed by atoms with Gasteiger partial charge in [0.25, 0.3) is 0 Å². The molecule has 0 bridgehead atoms. The van der Waals surface area contributed by atoms with Crippen molar-refractivity contribution >= 4 is 16.6 Å². The van der Waals surface area contributed by atoms with Crippen LogP contribution in [0.25, 0.3) is 0 Å². The summed E-state index contributed by atoms with van der Waals surface area (Å²) in [6.07, 6.45) is -9.93. The quantitative estimate of drug-likeness (QED) is 0.0872. The van der Waals surface area contributed by atoms with Crippen LogP contribution in [0.4, 0.5) is 149 Å². The molecule has 0 spiro atoms. The summed E-state index contributed by atoms with van der Waals surface area (Å²) < 4.78 is 487. The minimum absolute atomic E-state index is 0.175. The van der Waals surface area contributed by atoms with Crippen LogP contribution < -0.4 is 0 Å². The number of rotatable bonds is 20. The Morgan fingerprint density at radius 2 is 0.426 bits per heavy atom. The van der Waals surface area contributed by atoms with Crippen LogP contribution >= 0.6 is 0 Å². The van der Waals surface area contributed by atoms with Gasteiger partial charge in [-0.2, -0.15) is 123 Å². The Bertz CT molecular complexity index is 1470. The Labute approximate surface area is 317 Å². The van der Waals surface area contributed by atoms with Crippen molar-refractivity contribution in [3.05, 3.63) is 0 Å². The summed E-state index contributed by atoms with van der Waals surface area (Å²) in [7, 11) is -15.6. The van der Waals surface area contributed by atoms with Crippen molar-refractivity contribution in [3.63, 3.8) is 0 Å². The van der Waals surface area contributed by atoms with Crippen LogP contribution in [-0.4, -0.2) is 123 Å². The lowest BCUT2D eigenvalue weighted by atomic mass is 9.88. The molecule has 0 aromatic carbocycles. The van der Waals surface area contributed by atoms with E-state index in [9.17, 15) is 132 Å². The molecule has 0 amide bonds. The summed E-state index contributed by atoms with van der Waals surface area (Å²) in [6.45, 7) is -4.61. The van der Waals surface area contributed by atoms with Crippen molar-refractivity contribution in [1.82, 2.24) is 0 Å². The van der Waals surface area contributed by atoms with Gasteiger partial charge in [0.2, 0.25) is 0 Å². The first-order valence-corrected chi connectivity index (χ1v) is 20.4. The zero-order chi connectivity index (χ0) is 50.9. The normalized spacial score (nSPS) is 18.9. The Hall–Kier alpha value is -1.99. The van der Waals surface area contributed by atoms with E-state index in [1.54, 1.807) is 0 Å². The number of hydrogen-bond donors (Lipinski definition) is 0. The Balaban J connectivity index is 8.41. The molecule has 2 atom stereocenters. The molecule has 0 aromatic heterocycles. The Kier molecular flexibility index (Phi) is 14.3. The van der Waals surface area contributed by atoms with E-state index >= 15 is 17.6 Å². The molecule has 0 saturated carbocycles. The van der Waals surface area contributed by atoms with Crippen LogP contribution in [0.1, 0.15) is 13.8 Å². The summed E-state index contributed by atoms with van der Waals surface area (Å²) in [5, 5.41) is 0. The SMILES string of the molecule is CC(F)C(F)(F)C(F)(F)C(F)(F)C(F)(F)C(F)(F)C(F)(F)C(F)(F)C(F)(F)[Si](C)(O[Si](C)(C)C)C(F)(F)C(F)(F)C(F)(F)C(F)(F)C(F)(F)C(F)(F)C(F)(F)C(F)(F)C(C)F. The van der Waals surface area contributed by atoms with Gasteiger partial charge in [0, 0.05) is 0 Å². The largest absolute Gasteiger partial charge is 0.448 e. The smallest absolute Gasteiger partial charge is 0.385 e. The predicted octanol–water partition coefficient (Wildman–Crippen LogP) is 13.4. The van der Waals surface area contributed by atoms with Crippen LogP contribution in [0.3, 0.4) is 0 Å². The van der Waals surface area contributed by atoms with E-state index in [4.69, 9.17) is 0 Å². The van der Waals surface area contributed by atoms with Crippen molar-refractivity contribution in [2.45, 2.75) is 146 Å². The molecule has 2 unspecified atom stereocenters. The summed E-state index contributed by atoms with van der Waals surface area (Å²) >= 11 is 0. The molecule has 0 heterocycles. The van der Waals surface area contributed by atoms with E-state index in [-0.39, 0.29) is 19.6 Å². The zero-order valence-corrected chi connectivity index (χ0v) is 31.4. The maximum atomic E-state index is 15.4. The van der Waals surface area contributed by atoms with Crippen molar-refractivity contribution in [1.29, 1.82) is 0 Å². The van der Waals surface area contributed by atoms with E-state index < -0.39 is 143 Å². The first kappa shape index (κ1) is 59.0. The van der Waals surface area contributed by atoms with Gasteiger partial charge in [0.15, 0.2) is 20.7 Å². The van der Waals surface area contributed by atoms with Crippen molar-refractivity contribution in [2.75, 3.05) is 0 Å². The van der Waals surface area contributed by atoms with Crippen LogP contribution in [0.5, 0.6) is 0 Å². The molecule has 0 N–H and O–H groups in total.